The number of nitrogens with one attached hydrogen (secondary N) is 1. The molecule has 1 aromatic carbocycles. The fraction of sp³-hybridized carbons (Fsp3) is 0.364. The Hall–Kier alpha value is -3.26. The Morgan fingerprint density at radius 1 is 1.20 bits per heavy atom. The molecule has 3 heterocycles. The number of ether oxygens (including phenoxy) is 1. The molecule has 3 aromatic rings. The van der Waals surface area contributed by atoms with Crippen molar-refractivity contribution in [2.75, 3.05) is 32.6 Å². The number of carbonyl (C=O) groups is 1. The standard InChI is InChI=1S/C22H26N6O2/c1-15-12-23-22(26-20(15)18-6-4-5-7-19(18)21(29)30-3)25-16-13-24-28(14-16)17-8-10-27(2)11-9-17/h4-7,12-14,17H,8-11H2,1-3H3,(H,23,25,26). The van der Waals surface area contributed by atoms with Gasteiger partial charge in [0.1, 0.15) is 0 Å². The molecule has 1 saturated heterocycles. The third kappa shape index (κ3) is 4.18. The van der Waals surface area contributed by atoms with Crippen LogP contribution >= 0.6 is 0 Å². The molecule has 0 atom stereocenters. The van der Waals surface area contributed by atoms with Crippen LogP contribution in [0.5, 0.6) is 0 Å². The number of aromatic nitrogens is 4. The molecule has 0 aliphatic carbocycles. The van der Waals surface area contributed by atoms with Gasteiger partial charge in [-0.05, 0) is 51.5 Å². The highest BCUT2D eigenvalue weighted by Crippen LogP contribution is 2.27. The third-order valence-corrected chi connectivity index (χ3v) is 5.48. The highest BCUT2D eigenvalue weighted by molar-refractivity contribution is 5.97. The van der Waals surface area contributed by atoms with Crippen molar-refractivity contribution in [1.29, 1.82) is 0 Å². The first-order valence-electron chi connectivity index (χ1n) is 10.1. The minimum atomic E-state index is -0.391. The van der Waals surface area contributed by atoms with Gasteiger partial charge in [-0.25, -0.2) is 14.8 Å². The first-order valence-corrected chi connectivity index (χ1v) is 10.1. The van der Waals surface area contributed by atoms with E-state index in [-0.39, 0.29) is 0 Å². The lowest BCUT2D eigenvalue weighted by Gasteiger charge is -2.28. The van der Waals surface area contributed by atoms with E-state index < -0.39 is 5.97 Å². The van der Waals surface area contributed by atoms with Gasteiger partial charge in [0.25, 0.3) is 0 Å². The van der Waals surface area contributed by atoms with E-state index in [2.05, 4.69) is 32.3 Å². The largest absolute Gasteiger partial charge is 0.465 e. The molecule has 4 rings (SSSR count). The highest BCUT2D eigenvalue weighted by atomic mass is 16.5. The zero-order valence-corrected chi connectivity index (χ0v) is 17.5. The van der Waals surface area contributed by atoms with E-state index in [1.807, 2.05) is 36.0 Å². The van der Waals surface area contributed by atoms with Crippen LogP contribution in [-0.4, -0.2) is 57.9 Å². The van der Waals surface area contributed by atoms with Gasteiger partial charge in [-0.3, -0.25) is 4.68 Å². The Balaban J connectivity index is 1.57. The smallest absolute Gasteiger partial charge is 0.338 e. The van der Waals surface area contributed by atoms with Crippen molar-refractivity contribution in [1.82, 2.24) is 24.6 Å². The molecule has 0 radical (unpaired) electrons. The highest BCUT2D eigenvalue weighted by Gasteiger charge is 2.19. The van der Waals surface area contributed by atoms with Gasteiger partial charge in [0.15, 0.2) is 0 Å². The molecule has 0 spiro atoms. The quantitative estimate of drug-likeness (QED) is 0.650. The number of carbonyl (C=O) groups excluding carboxylic acids is 1. The number of hydrogen-bond donors (Lipinski definition) is 1. The van der Waals surface area contributed by atoms with Crippen LogP contribution in [0.2, 0.25) is 0 Å². The van der Waals surface area contributed by atoms with E-state index in [0.29, 0.717) is 28.8 Å². The lowest BCUT2D eigenvalue weighted by atomic mass is 10.0. The number of likely N-dealkylation sites (tertiary alicyclic amines) is 1. The van der Waals surface area contributed by atoms with Crippen molar-refractivity contribution in [2.45, 2.75) is 25.8 Å². The molecule has 0 bridgehead atoms. The summed E-state index contributed by atoms with van der Waals surface area (Å²) in [6.07, 6.45) is 7.73. The minimum Gasteiger partial charge on any atom is -0.465 e. The number of methoxy groups -OCH3 is 1. The van der Waals surface area contributed by atoms with Crippen molar-refractivity contribution in [3.63, 3.8) is 0 Å². The van der Waals surface area contributed by atoms with Crippen LogP contribution in [0.25, 0.3) is 11.3 Å². The van der Waals surface area contributed by atoms with Crippen molar-refractivity contribution < 1.29 is 9.53 Å². The number of anilines is 2. The molecule has 0 amide bonds. The number of rotatable bonds is 5. The van der Waals surface area contributed by atoms with E-state index in [4.69, 9.17) is 4.74 Å². The summed E-state index contributed by atoms with van der Waals surface area (Å²) in [5.74, 6) is 0.0655. The fourth-order valence-electron chi connectivity index (χ4n) is 3.74. The monoisotopic (exact) mass is 406 g/mol. The first-order chi connectivity index (χ1) is 14.5. The average Bonchev–Trinajstić information content (AvgIpc) is 3.23. The molecular weight excluding hydrogens is 380 g/mol. The second kappa shape index (κ2) is 8.62. The second-order valence-corrected chi connectivity index (χ2v) is 7.63. The molecule has 156 valence electrons. The predicted octanol–water partition coefficient (Wildman–Crippen LogP) is 3.45. The molecule has 8 nitrogen and oxygen atoms in total. The molecule has 0 unspecified atom stereocenters. The number of nitrogens with zero attached hydrogens (tertiary/aromatic N) is 5. The molecular formula is C22H26N6O2. The number of piperidine rings is 1. The summed E-state index contributed by atoms with van der Waals surface area (Å²) in [6, 6.07) is 7.70. The van der Waals surface area contributed by atoms with Crippen LogP contribution in [0.15, 0.2) is 42.9 Å². The van der Waals surface area contributed by atoms with Gasteiger partial charge < -0.3 is 15.0 Å². The topological polar surface area (TPSA) is 85.2 Å². The summed E-state index contributed by atoms with van der Waals surface area (Å²) in [7, 11) is 3.53. The molecule has 1 fully saturated rings. The summed E-state index contributed by atoms with van der Waals surface area (Å²) in [5, 5.41) is 7.77. The van der Waals surface area contributed by atoms with Gasteiger partial charge in [0.2, 0.25) is 5.95 Å². The van der Waals surface area contributed by atoms with Crippen LogP contribution in [0.3, 0.4) is 0 Å². The zero-order valence-electron chi connectivity index (χ0n) is 17.5. The second-order valence-electron chi connectivity index (χ2n) is 7.63. The Morgan fingerprint density at radius 3 is 2.73 bits per heavy atom. The maximum Gasteiger partial charge on any atom is 0.338 e. The van der Waals surface area contributed by atoms with Crippen LogP contribution in [0.4, 0.5) is 11.6 Å². The van der Waals surface area contributed by atoms with E-state index in [1.54, 1.807) is 18.5 Å². The molecule has 1 aliphatic rings. The lowest BCUT2D eigenvalue weighted by Crippen LogP contribution is -2.31. The minimum absolute atomic E-state index is 0.391. The van der Waals surface area contributed by atoms with E-state index in [9.17, 15) is 4.79 Å². The van der Waals surface area contributed by atoms with Gasteiger partial charge in [-0.2, -0.15) is 5.10 Å². The number of benzene rings is 1. The van der Waals surface area contributed by atoms with Crippen LogP contribution in [0, 0.1) is 6.92 Å². The van der Waals surface area contributed by atoms with Crippen LogP contribution < -0.4 is 5.32 Å². The van der Waals surface area contributed by atoms with Crippen molar-refractivity contribution in [2.24, 2.45) is 0 Å². The Bertz CT molecular complexity index is 1040. The summed E-state index contributed by atoms with van der Waals surface area (Å²) in [6.45, 7) is 4.08. The van der Waals surface area contributed by atoms with E-state index >= 15 is 0 Å². The molecule has 0 saturated carbocycles. The molecule has 2 aromatic heterocycles. The predicted molar refractivity (Wildman–Crippen MR) is 115 cm³/mol. The Labute approximate surface area is 175 Å². The van der Waals surface area contributed by atoms with Gasteiger partial charge >= 0.3 is 5.97 Å². The summed E-state index contributed by atoms with van der Waals surface area (Å²) in [4.78, 5) is 23.6. The van der Waals surface area contributed by atoms with Crippen LogP contribution in [-0.2, 0) is 4.74 Å². The molecule has 8 heteroatoms. The van der Waals surface area contributed by atoms with E-state index in [1.165, 1.54) is 7.11 Å². The van der Waals surface area contributed by atoms with Crippen LogP contribution in [0.1, 0.15) is 34.8 Å². The third-order valence-electron chi connectivity index (χ3n) is 5.48. The van der Waals surface area contributed by atoms with Gasteiger partial charge in [-0.15, -0.1) is 0 Å². The zero-order chi connectivity index (χ0) is 21.1. The summed E-state index contributed by atoms with van der Waals surface area (Å²) >= 11 is 0. The number of hydrogen-bond acceptors (Lipinski definition) is 7. The first kappa shape index (κ1) is 20.0. The van der Waals surface area contributed by atoms with E-state index in [0.717, 1.165) is 37.2 Å². The van der Waals surface area contributed by atoms with Crippen molar-refractivity contribution in [3.05, 3.63) is 54.0 Å². The summed E-state index contributed by atoms with van der Waals surface area (Å²) < 4.78 is 6.94. The fourth-order valence-corrected chi connectivity index (χ4v) is 3.74. The number of aryl methyl sites for hydroxylation is 1. The molecule has 1 aliphatic heterocycles. The SMILES string of the molecule is COC(=O)c1ccccc1-c1nc(Nc2cnn(C3CCN(C)CC3)c2)ncc1C. The van der Waals surface area contributed by atoms with Gasteiger partial charge in [-0.1, -0.05) is 18.2 Å². The average molecular weight is 406 g/mol. The molecule has 30 heavy (non-hydrogen) atoms. The Kier molecular flexibility index (Phi) is 5.76. The van der Waals surface area contributed by atoms with Crippen molar-refractivity contribution in [3.8, 4) is 11.3 Å². The Morgan fingerprint density at radius 2 is 1.97 bits per heavy atom. The van der Waals surface area contributed by atoms with Gasteiger partial charge in [0.05, 0.1) is 36.3 Å². The maximum atomic E-state index is 12.2. The summed E-state index contributed by atoms with van der Waals surface area (Å²) in [5.41, 5.74) is 3.59. The van der Waals surface area contributed by atoms with Crippen molar-refractivity contribution >= 4 is 17.6 Å². The molecule has 1 N–H and O–H groups in total. The lowest BCUT2D eigenvalue weighted by molar-refractivity contribution is 0.0601. The number of esters is 1. The normalized spacial score (nSPS) is 15.2. The van der Waals surface area contributed by atoms with Gasteiger partial charge in [0, 0.05) is 18.0 Å². The maximum absolute atomic E-state index is 12.2.